The maximum Gasteiger partial charge on any atom is 0.416 e. The number of carbonyl (C=O) groups excluding carboxylic acids is 1. The largest absolute Gasteiger partial charge is 0.416 e. The molecule has 1 aromatic rings. The van der Waals surface area contributed by atoms with E-state index in [2.05, 4.69) is 19.2 Å². The molecule has 2 rings (SSSR count). The summed E-state index contributed by atoms with van der Waals surface area (Å²) in [5, 5.41) is 2.95. The van der Waals surface area contributed by atoms with Gasteiger partial charge in [-0.1, -0.05) is 50.1 Å². The number of benzene rings is 1. The topological polar surface area (TPSA) is 29.1 Å². The van der Waals surface area contributed by atoms with Crippen LogP contribution in [0.1, 0.15) is 25.8 Å². The van der Waals surface area contributed by atoms with Crippen molar-refractivity contribution in [1.29, 1.82) is 0 Å². The quantitative estimate of drug-likeness (QED) is 0.787. The highest BCUT2D eigenvalue weighted by Crippen LogP contribution is 2.31. The maximum atomic E-state index is 12.7. The first-order chi connectivity index (χ1) is 10.8. The Kier molecular flexibility index (Phi) is 7.07. The van der Waals surface area contributed by atoms with Crippen LogP contribution in [-0.2, 0) is 4.79 Å². The summed E-state index contributed by atoms with van der Waals surface area (Å²) in [6, 6.07) is 6.56. The Bertz CT molecular complexity index is 559. The van der Waals surface area contributed by atoms with Crippen LogP contribution in [0.4, 0.5) is 18.9 Å². The molecule has 2 nitrogen and oxygen atoms in total. The van der Waals surface area contributed by atoms with Crippen LogP contribution in [0.25, 0.3) is 0 Å². The summed E-state index contributed by atoms with van der Waals surface area (Å²) in [5.74, 6) is -0.609. The van der Waals surface area contributed by atoms with Crippen LogP contribution >= 0.6 is 0 Å². The van der Waals surface area contributed by atoms with Crippen molar-refractivity contribution in [2.45, 2.75) is 39.4 Å². The summed E-state index contributed by atoms with van der Waals surface area (Å²) < 4.78 is 38.1. The Morgan fingerprint density at radius 2 is 1.74 bits per heavy atom. The van der Waals surface area contributed by atoms with E-state index < -0.39 is 23.7 Å². The van der Waals surface area contributed by atoms with Crippen LogP contribution in [0.5, 0.6) is 0 Å². The molecule has 0 amide bonds. The summed E-state index contributed by atoms with van der Waals surface area (Å²) in [6.45, 7) is 6.17. The second kappa shape index (κ2) is 8.56. The minimum absolute atomic E-state index is 0.609. The number of halogens is 3. The molecule has 0 spiro atoms. The summed E-state index contributed by atoms with van der Waals surface area (Å²) in [6.07, 6.45) is 0.774. The van der Waals surface area contributed by atoms with Crippen LogP contribution in [-0.4, -0.2) is 18.5 Å². The lowest BCUT2D eigenvalue weighted by atomic mass is 9.92. The van der Waals surface area contributed by atoms with Crippen LogP contribution in [0.3, 0.4) is 0 Å². The Morgan fingerprint density at radius 3 is 2.22 bits per heavy atom. The van der Waals surface area contributed by atoms with Gasteiger partial charge in [-0.05, 0) is 25.1 Å². The average molecular weight is 325 g/mol. The van der Waals surface area contributed by atoms with E-state index in [4.69, 9.17) is 0 Å². The van der Waals surface area contributed by atoms with Gasteiger partial charge in [0.05, 0.1) is 17.5 Å². The number of carbonyl (C=O) groups is 1. The smallest absolute Gasteiger partial charge is 0.378 e. The molecule has 0 aliphatic heterocycles. The van der Waals surface area contributed by atoms with Crippen molar-refractivity contribution in [1.82, 2.24) is 0 Å². The molecule has 1 aliphatic carbocycles. The zero-order valence-corrected chi connectivity index (χ0v) is 13.5. The van der Waals surface area contributed by atoms with Gasteiger partial charge in [0.15, 0.2) is 0 Å². The first kappa shape index (κ1) is 19.0. The molecule has 2 atom stereocenters. The first-order valence-corrected chi connectivity index (χ1v) is 7.57. The molecule has 0 radical (unpaired) electrons. The molecular formula is C18H22F3NO. The lowest BCUT2D eigenvalue weighted by molar-refractivity contribution is -0.110. The van der Waals surface area contributed by atoms with E-state index in [0.717, 1.165) is 17.7 Å². The number of rotatable bonds is 3. The molecular weight excluding hydrogens is 303 g/mol. The fraction of sp³-hybridized carbons (Fsp3) is 0.389. The third kappa shape index (κ3) is 5.93. The molecule has 0 aromatic heterocycles. The van der Waals surface area contributed by atoms with E-state index in [1.807, 2.05) is 19.1 Å². The van der Waals surface area contributed by atoms with Gasteiger partial charge in [0.25, 0.3) is 0 Å². The number of alkyl halides is 3. The minimum Gasteiger partial charge on any atom is -0.378 e. The highest BCUT2D eigenvalue weighted by molar-refractivity contribution is 5.63. The number of hydrogen-bond donors (Lipinski definition) is 1. The number of allylic oxidation sites excluding steroid dienone is 2. The fourth-order valence-electron chi connectivity index (χ4n) is 1.99. The minimum atomic E-state index is -4.41. The van der Waals surface area contributed by atoms with Gasteiger partial charge >= 0.3 is 6.18 Å². The van der Waals surface area contributed by atoms with E-state index in [-0.39, 0.29) is 0 Å². The van der Waals surface area contributed by atoms with E-state index in [1.165, 1.54) is 12.5 Å². The molecule has 0 heterocycles. The normalized spacial score (nSPS) is 20.2. The fourth-order valence-corrected chi connectivity index (χ4v) is 1.99. The lowest BCUT2D eigenvalue weighted by Crippen LogP contribution is -2.31. The predicted octanol–water partition coefficient (Wildman–Crippen LogP) is 5.07. The Morgan fingerprint density at radius 1 is 1.17 bits per heavy atom. The summed E-state index contributed by atoms with van der Waals surface area (Å²) in [5.41, 5.74) is 0.998. The average Bonchev–Trinajstić information content (AvgIpc) is 2.49. The zero-order chi connectivity index (χ0) is 17.5. The van der Waals surface area contributed by atoms with E-state index in [9.17, 15) is 18.0 Å². The Labute approximate surface area is 135 Å². The molecule has 1 N–H and O–H groups in total. The van der Waals surface area contributed by atoms with E-state index >= 15 is 0 Å². The lowest BCUT2D eigenvalue weighted by Gasteiger charge is -2.25. The van der Waals surface area contributed by atoms with Crippen molar-refractivity contribution >= 4 is 12.0 Å². The van der Waals surface area contributed by atoms with Crippen LogP contribution in [0.15, 0.2) is 48.1 Å². The Balaban J connectivity index is 0.000000816. The number of anilines is 1. The second-order valence-electron chi connectivity index (χ2n) is 5.44. The Hall–Kier alpha value is -2.04. The van der Waals surface area contributed by atoms with Gasteiger partial charge in [0.1, 0.15) is 6.29 Å². The molecule has 126 valence electrons. The van der Waals surface area contributed by atoms with E-state index in [1.54, 1.807) is 12.1 Å². The molecule has 0 bridgehead atoms. The molecule has 1 aliphatic rings. The van der Waals surface area contributed by atoms with Crippen molar-refractivity contribution in [3.05, 3.63) is 53.6 Å². The zero-order valence-electron chi connectivity index (χ0n) is 13.5. The number of aryl methyl sites for hydroxylation is 1. The first-order valence-electron chi connectivity index (χ1n) is 7.57. The molecule has 2 unspecified atom stereocenters. The van der Waals surface area contributed by atoms with Crippen molar-refractivity contribution < 1.29 is 18.0 Å². The highest BCUT2D eigenvalue weighted by atomic mass is 19.4. The van der Waals surface area contributed by atoms with Gasteiger partial charge in [-0.25, -0.2) is 0 Å². The van der Waals surface area contributed by atoms with Crippen molar-refractivity contribution in [2.24, 2.45) is 5.92 Å². The number of nitrogens with one attached hydrogen (secondary N) is 1. The molecule has 0 saturated heterocycles. The third-order valence-corrected chi connectivity index (χ3v) is 3.14. The molecule has 1 aromatic carbocycles. The number of hydrogen-bond acceptors (Lipinski definition) is 2. The SMILES string of the molecule is CCC.Cc1ccc(NC2C=C(C(F)(F)F)C=CC2C=O)cc1. The molecule has 23 heavy (non-hydrogen) atoms. The maximum absolute atomic E-state index is 12.7. The van der Waals surface area contributed by atoms with Crippen LogP contribution < -0.4 is 5.32 Å². The monoisotopic (exact) mass is 325 g/mol. The predicted molar refractivity (Wildman–Crippen MR) is 87.4 cm³/mol. The summed E-state index contributed by atoms with van der Waals surface area (Å²) in [4.78, 5) is 11.0. The van der Waals surface area contributed by atoms with Gasteiger partial charge in [-0.15, -0.1) is 0 Å². The van der Waals surface area contributed by atoms with Gasteiger partial charge in [0.2, 0.25) is 0 Å². The van der Waals surface area contributed by atoms with Crippen molar-refractivity contribution in [3.8, 4) is 0 Å². The van der Waals surface area contributed by atoms with Crippen molar-refractivity contribution in [3.63, 3.8) is 0 Å². The molecule has 5 heteroatoms. The summed E-state index contributed by atoms with van der Waals surface area (Å²) >= 11 is 0. The molecule has 0 fully saturated rings. The van der Waals surface area contributed by atoms with Crippen LogP contribution in [0.2, 0.25) is 0 Å². The standard InChI is InChI=1S/C15H14F3NO.C3H8/c1-10-2-6-13(7-3-10)19-14-8-12(15(16,17)18)5-4-11(14)9-20;1-3-2/h2-9,11,14,19H,1H3;3H2,1-2H3. The highest BCUT2D eigenvalue weighted by Gasteiger charge is 2.35. The van der Waals surface area contributed by atoms with Crippen LogP contribution in [0, 0.1) is 12.8 Å². The van der Waals surface area contributed by atoms with Gasteiger partial charge in [-0.3, -0.25) is 0 Å². The van der Waals surface area contributed by atoms with E-state index in [0.29, 0.717) is 12.0 Å². The number of aldehydes is 1. The van der Waals surface area contributed by atoms with Gasteiger partial charge in [0, 0.05) is 5.69 Å². The summed E-state index contributed by atoms with van der Waals surface area (Å²) in [7, 11) is 0. The second-order valence-corrected chi connectivity index (χ2v) is 5.44. The third-order valence-electron chi connectivity index (χ3n) is 3.14. The van der Waals surface area contributed by atoms with Gasteiger partial charge in [-0.2, -0.15) is 13.2 Å². The molecule has 0 saturated carbocycles. The van der Waals surface area contributed by atoms with Crippen molar-refractivity contribution in [2.75, 3.05) is 5.32 Å². The van der Waals surface area contributed by atoms with Gasteiger partial charge < -0.3 is 10.1 Å².